The lowest BCUT2D eigenvalue weighted by Gasteiger charge is -1.96. The van der Waals surface area contributed by atoms with Gasteiger partial charge in [0.15, 0.2) is 6.29 Å². The van der Waals surface area contributed by atoms with Crippen molar-refractivity contribution in [1.29, 1.82) is 0 Å². The Hall–Kier alpha value is -2.20. The molecule has 3 rings (SSSR count). The van der Waals surface area contributed by atoms with Gasteiger partial charge in [0.25, 0.3) is 0 Å². The van der Waals surface area contributed by atoms with E-state index in [0.29, 0.717) is 4.88 Å². The molecule has 18 heavy (non-hydrogen) atoms. The lowest BCUT2D eigenvalue weighted by Crippen LogP contribution is -1.83. The van der Waals surface area contributed by atoms with Crippen LogP contribution in [-0.2, 0) is 0 Å². The maximum absolute atomic E-state index is 11.1. The second-order valence-electron chi connectivity index (χ2n) is 3.80. The van der Waals surface area contributed by atoms with E-state index < -0.39 is 0 Å². The van der Waals surface area contributed by atoms with Crippen LogP contribution in [0.5, 0.6) is 0 Å². The molecule has 2 heterocycles. The summed E-state index contributed by atoms with van der Waals surface area (Å²) in [5.41, 5.74) is 2.65. The number of aromatic amines is 1. The molecular weight excluding hydrogens is 244 g/mol. The molecule has 3 nitrogen and oxygen atoms in total. The van der Waals surface area contributed by atoms with Crippen molar-refractivity contribution in [3.8, 4) is 22.0 Å². The summed E-state index contributed by atoms with van der Waals surface area (Å²) in [5.74, 6) is 0. The highest BCUT2D eigenvalue weighted by atomic mass is 32.1. The topological polar surface area (TPSA) is 45.8 Å². The van der Waals surface area contributed by atoms with Gasteiger partial charge in [-0.3, -0.25) is 4.79 Å². The highest BCUT2D eigenvalue weighted by Crippen LogP contribution is 2.31. The molecule has 0 amide bonds. The largest absolute Gasteiger partial charge is 0.359 e. The zero-order valence-electron chi connectivity index (χ0n) is 9.46. The number of nitrogens with zero attached hydrogens (tertiary/aromatic N) is 1. The van der Waals surface area contributed by atoms with E-state index >= 15 is 0 Å². The molecular formula is C14H10N2OS. The average Bonchev–Trinajstić information content (AvgIpc) is 3.08. The summed E-state index contributed by atoms with van der Waals surface area (Å²) in [6, 6.07) is 13.6. The highest BCUT2D eigenvalue weighted by molar-refractivity contribution is 7.17. The average molecular weight is 254 g/mol. The third kappa shape index (κ3) is 1.87. The number of hydrogen-bond donors (Lipinski definition) is 1. The number of nitrogens with one attached hydrogen (secondary N) is 1. The number of H-pyrrole nitrogens is 1. The van der Waals surface area contributed by atoms with Gasteiger partial charge in [-0.25, -0.2) is 4.98 Å². The van der Waals surface area contributed by atoms with Crippen molar-refractivity contribution in [3.63, 3.8) is 0 Å². The molecule has 0 atom stereocenters. The van der Waals surface area contributed by atoms with Gasteiger partial charge >= 0.3 is 0 Å². The van der Waals surface area contributed by atoms with Crippen LogP contribution in [0.2, 0.25) is 0 Å². The monoisotopic (exact) mass is 254 g/mol. The molecule has 0 spiro atoms. The Kier molecular flexibility index (Phi) is 2.78. The molecule has 0 aliphatic rings. The molecule has 0 radical (unpaired) electrons. The fraction of sp³-hybridized carbons (Fsp3) is 0. The number of carbonyl (C=O) groups is 1. The Bertz CT molecular complexity index is 656. The van der Waals surface area contributed by atoms with Gasteiger partial charge in [0.1, 0.15) is 5.01 Å². The molecule has 3 aromatic rings. The lowest BCUT2D eigenvalue weighted by atomic mass is 10.1. The van der Waals surface area contributed by atoms with Crippen LogP contribution in [0.1, 0.15) is 9.67 Å². The SMILES string of the molecule is O=Cc1sc(-c2ccc[nH]2)nc1-c1ccccc1. The van der Waals surface area contributed by atoms with Crippen molar-refractivity contribution >= 4 is 17.6 Å². The zero-order chi connectivity index (χ0) is 12.4. The van der Waals surface area contributed by atoms with Crippen LogP contribution in [0.4, 0.5) is 0 Å². The predicted octanol–water partition coefficient (Wildman–Crippen LogP) is 3.62. The van der Waals surface area contributed by atoms with Crippen LogP contribution in [0.3, 0.4) is 0 Å². The van der Waals surface area contributed by atoms with Gasteiger partial charge in [0.2, 0.25) is 0 Å². The van der Waals surface area contributed by atoms with Crippen LogP contribution in [0.25, 0.3) is 22.0 Å². The van der Waals surface area contributed by atoms with E-state index in [1.54, 1.807) is 0 Å². The second-order valence-corrected chi connectivity index (χ2v) is 4.83. The summed E-state index contributed by atoms with van der Waals surface area (Å²) in [5, 5.41) is 0.834. The number of hydrogen-bond acceptors (Lipinski definition) is 3. The third-order valence-electron chi connectivity index (χ3n) is 2.64. The van der Waals surface area contributed by atoms with E-state index in [9.17, 15) is 4.79 Å². The first-order valence-electron chi connectivity index (χ1n) is 5.53. The zero-order valence-corrected chi connectivity index (χ0v) is 10.3. The van der Waals surface area contributed by atoms with Crippen LogP contribution < -0.4 is 0 Å². The molecule has 1 N–H and O–H groups in total. The van der Waals surface area contributed by atoms with E-state index in [4.69, 9.17) is 0 Å². The van der Waals surface area contributed by atoms with Gasteiger partial charge in [-0.1, -0.05) is 30.3 Å². The molecule has 4 heteroatoms. The molecule has 88 valence electrons. The Balaban J connectivity index is 2.13. The van der Waals surface area contributed by atoms with Crippen molar-refractivity contribution in [2.24, 2.45) is 0 Å². The number of carbonyl (C=O) groups excluding carboxylic acids is 1. The van der Waals surface area contributed by atoms with Crippen molar-refractivity contribution in [1.82, 2.24) is 9.97 Å². The number of aromatic nitrogens is 2. The van der Waals surface area contributed by atoms with Gasteiger partial charge in [-0.15, -0.1) is 11.3 Å². The Morgan fingerprint density at radius 2 is 1.94 bits per heavy atom. The second kappa shape index (κ2) is 4.58. The minimum absolute atomic E-state index is 0.658. The van der Waals surface area contributed by atoms with Crippen molar-refractivity contribution in [2.45, 2.75) is 0 Å². The molecule has 1 aromatic carbocycles. The van der Waals surface area contributed by atoms with Gasteiger partial charge in [-0.05, 0) is 12.1 Å². The Morgan fingerprint density at radius 3 is 2.61 bits per heavy atom. The summed E-state index contributed by atoms with van der Waals surface area (Å²) in [6.45, 7) is 0. The number of aldehydes is 1. The summed E-state index contributed by atoms with van der Waals surface area (Å²) >= 11 is 1.40. The van der Waals surface area contributed by atoms with Crippen LogP contribution in [0.15, 0.2) is 48.7 Å². The maximum atomic E-state index is 11.1. The van der Waals surface area contributed by atoms with Crippen LogP contribution >= 0.6 is 11.3 Å². The molecule has 0 aliphatic carbocycles. The smallest absolute Gasteiger partial charge is 0.162 e. The van der Waals surface area contributed by atoms with Crippen molar-refractivity contribution in [3.05, 3.63) is 53.5 Å². The Labute approximate surface area is 108 Å². The van der Waals surface area contributed by atoms with Gasteiger partial charge in [0, 0.05) is 11.8 Å². The molecule has 0 bridgehead atoms. The fourth-order valence-corrected chi connectivity index (χ4v) is 2.68. The summed E-state index contributed by atoms with van der Waals surface area (Å²) in [4.78, 5) is 19.5. The minimum Gasteiger partial charge on any atom is -0.359 e. The first-order chi connectivity index (χ1) is 8.88. The number of rotatable bonds is 3. The fourth-order valence-electron chi connectivity index (χ4n) is 1.79. The van der Waals surface area contributed by atoms with Crippen LogP contribution in [-0.4, -0.2) is 16.3 Å². The van der Waals surface area contributed by atoms with Gasteiger partial charge < -0.3 is 4.98 Å². The van der Waals surface area contributed by atoms with Gasteiger partial charge in [0.05, 0.1) is 16.3 Å². The quantitative estimate of drug-likeness (QED) is 0.725. The van der Waals surface area contributed by atoms with E-state index in [1.165, 1.54) is 11.3 Å². The molecule has 0 aliphatic heterocycles. The molecule has 0 unspecified atom stereocenters. The first-order valence-corrected chi connectivity index (χ1v) is 6.35. The predicted molar refractivity (Wildman–Crippen MR) is 72.7 cm³/mol. The van der Waals surface area contributed by atoms with Crippen molar-refractivity contribution in [2.75, 3.05) is 0 Å². The maximum Gasteiger partial charge on any atom is 0.162 e. The third-order valence-corrected chi connectivity index (χ3v) is 3.65. The molecule has 0 saturated heterocycles. The number of benzene rings is 1. The summed E-state index contributed by atoms with van der Waals surface area (Å²) in [6.07, 6.45) is 2.71. The normalized spacial score (nSPS) is 10.4. The van der Waals surface area contributed by atoms with Crippen molar-refractivity contribution < 1.29 is 4.79 Å². The summed E-state index contributed by atoms with van der Waals surface area (Å²) < 4.78 is 0. The molecule has 0 fully saturated rings. The standard InChI is InChI=1S/C14H10N2OS/c17-9-12-13(10-5-2-1-3-6-10)16-14(18-12)11-7-4-8-15-11/h1-9,15H. The van der Waals surface area contributed by atoms with E-state index in [-0.39, 0.29) is 0 Å². The lowest BCUT2D eigenvalue weighted by molar-refractivity contribution is 0.112. The van der Waals surface area contributed by atoms with E-state index in [0.717, 1.165) is 28.2 Å². The Morgan fingerprint density at radius 1 is 1.11 bits per heavy atom. The highest BCUT2D eigenvalue weighted by Gasteiger charge is 2.13. The molecule has 2 aromatic heterocycles. The van der Waals surface area contributed by atoms with E-state index in [2.05, 4.69) is 9.97 Å². The minimum atomic E-state index is 0.658. The first kappa shape index (κ1) is 10.9. The van der Waals surface area contributed by atoms with E-state index in [1.807, 2.05) is 48.7 Å². The summed E-state index contributed by atoms with van der Waals surface area (Å²) in [7, 11) is 0. The van der Waals surface area contributed by atoms with Crippen LogP contribution in [0, 0.1) is 0 Å². The van der Waals surface area contributed by atoms with Gasteiger partial charge in [-0.2, -0.15) is 0 Å². The molecule has 0 saturated carbocycles. The number of thiazole rings is 1.